The van der Waals surface area contributed by atoms with Crippen LogP contribution in [0.3, 0.4) is 0 Å². The van der Waals surface area contributed by atoms with Crippen molar-refractivity contribution >= 4 is 63.9 Å². The summed E-state index contributed by atoms with van der Waals surface area (Å²) in [5.74, 6) is 0.357. The van der Waals surface area contributed by atoms with E-state index in [1.54, 1.807) is 24.3 Å². The molecule has 0 saturated carbocycles. The minimum absolute atomic E-state index is 0. The molecule has 0 spiro atoms. The summed E-state index contributed by atoms with van der Waals surface area (Å²) in [5, 5.41) is 4.21. The van der Waals surface area contributed by atoms with E-state index in [9.17, 15) is 4.79 Å². The molecular weight excluding hydrogens is 371 g/mol. The highest BCUT2D eigenvalue weighted by Gasteiger charge is 2.18. The van der Waals surface area contributed by atoms with E-state index >= 15 is 0 Å². The molecule has 0 fully saturated rings. The summed E-state index contributed by atoms with van der Waals surface area (Å²) in [6, 6.07) is 8.36. The van der Waals surface area contributed by atoms with Gasteiger partial charge >= 0.3 is 0 Å². The van der Waals surface area contributed by atoms with Crippen molar-refractivity contribution in [3.63, 3.8) is 0 Å². The second-order valence-corrected chi connectivity index (χ2v) is 6.09. The number of benzene rings is 2. The molecule has 3 rings (SSSR count). The van der Waals surface area contributed by atoms with Gasteiger partial charge in [-0.25, -0.2) is 0 Å². The van der Waals surface area contributed by atoms with Gasteiger partial charge in [-0.1, -0.05) is 29.3 Å². The van der Waals surface area contributed by atoms with E-state index in [4.69, 9.17) is 33.4 Å². The molecule has 3 aromatic rings. The van der Waals surface area contributed by atoms with Gasteiger partial charge in [0.15, 0.2) is 5.58 Å². The van der Waals surface area contributed by atoms with Gasteiger partial charge in [-0.2, -0.15) is 0 Å². The Morgan fingerprint density at radius 3 is 2.42 bits per heavy atom. The maximum Gasteiger partial charge on any atom is 0.258 e. The smallest absolute Gasteiger partial charge is 0.258 e. The van der Waals surface area contributed by atoms with E-state index in [0.717, 1.165) is 16.7 Å². The average Bonchev–Trinajstić information content (AvgIpc) is 2.75. The van der Waals surface area contributed by atoms with E-state index in [0.29, 0.717) is 17.0 Å². The number of amides is 1. The Bertz CT molecular complexity index is 915. The molecule has 2 aromatic carbocycles. The lowest BCUT2D eigenvalue weighted by molar-refractivity contribution is 0.102. The molecule has 0 aliphatic rings. The maximum absolute atomic E-state index is 12.5. The molecule has 0 bridgehead atoms. The molecule has 3 N–H and O–H groups in total. The number of nitrogens with one attached hydrogen (secondary N) is 1. The molecule has 1 amide bonds. The predicted molar refractivity (Wildman–Crippen MR) is 102 cm³/mol. The Labute approximate surface area is 155 Å². The van der Waals surface area contributed by atoms with Gasteiger partial charge in [-0.3, -0.25) is 4.79 Å². The Hall–Kier alpha value is -1.88. The van der Waals surface area contributed by atoms with E-state index in [2.05, 4.69) is 5.32 Å². The number of anilines is 2. The first kappa shape index (κ1) is 18.5. The third-order valence-corrected chi connectivity index (χ3v) is 4.37. The number of fused-ring (bicyclic) bond motifs is 1. The van der Waals surface area contributed by atoms with Gasteiger partial charge in [0.1, 0.15) is 5.76 Å². The van der Waals surface area contributed by atoms with Crippen LogP contribution in [0.25, 0.3) is 11.0 Å². The monoisotopic (exact) mass is 384 g/mol. The van der Waals surface area contributed by atoms with Crippen LogP contribution in [0.4, 0.5) is 11.4 Å². The van der Waals surface area contributed by atoms with Crippen LogP contribution < -0.4 is 11.1 Å². The van der Waals surface area contributed by atoms with E-state index in [-0.39, 0.29) is 28.0 Å². The minimum atomic E-state index is -0.417. The predicted octanol–water partition coefficient (Wildman–Crippen LogP) is 5.61. The first-order chi connectivity index (χ1) is 10.9. The average molecular weight is 386 g/mol. The molecule has 1 heterocycles. The van der Waals surface area contributed by atoms with Crippen LogP contribution in [0, 0.1) is 13.8 Å². The summed E-state index contributed by atoms with van der Waals surface area (Å²) < 4.78 is 5.75. The number of furan rings is 1. The zero-order valence-corrected chi connectivity index (χ0v) is 15.3. The lowest BCUT2D eigenvalue weighted by Gasteiger charge is -2.09. The first-order valence-corrected chi connectivity index (χ1v) is 7.68. The number of nitrogens with two attached hydrogens (primary N) is 1. The fraction of sp³-hybridized carbons (Fsp3) is 0.118. The van der Waals surface area contributed by atoms with Crippen LogP contribution in [-0.2, 0) is 0 Å². The fourth-order valence-corrected chi connectivity index (χ4v) is 3.02. The van der Waals surface area contributed by atoms with Gasteiger partial charge in [0.25, 0.3) is 5.91 Å². The summed E-state index contributed by atoms with van der Waals surface area (Å²) in [7, 11) is 0. The second kappa shape index (κ2) is 6.93. The van der Waals surface area contributed by atoms with E-state index in [1.807, 2.05) is 19.9 Å². The van der Waals surface area contributed by atoms with Crippen LogP contribution in [0.2, 0.25) is 10.0 Å². The number of hydrogen-bond donors (Lipinski definition) is 2. The zero-order chi connectivity index (χ0) is 16.7. The quantitative estimate of drug-likeness (QED) is 0.563. The summed E-state index contributed by atoms with van der Waals surface area (Å²) in [4.78, 5) is 12.5. The summed E-state index contributed by atoms with van der Waals surface area (Å²) in [6.45, 7) is 3.80. The van der Waals surface area contributed by atoms with E-state index in [1.165, 1.54) is 0 Å². The van der Waals surface area contributed by atoms with Gasteiger partial charge in [-0.15, -0.1) is 12.4 Å². The highest BCUT2D eigenvalue weighted by Crippen LogP contribution is 2.34. The molecule has 0 radical (unpaired) electrons. The number of hydrogen-bond acceptors (Lipinski definition) is 3. The molecular formula is C17H15Cl3N2O2. The summed E-state index contributed by atoms with van der Waals surface area (Å²) in [5.41, 5.74) is 8.72. The largest absolute Gasteiger partial charge is 0.459 e. The topological polar surface area (TPSA) is 68.3 Å². The van der Waals surface area contributed by atoms with Crippen molar-refractivity contribution in [3.05, 3.63) is 57.3 Å². The molecule has 0 unspecified atom stereocenters. The number of halogens is 3. The van der Waals surface area contributed by atoms with Crippen molar-refractivity contribution in [2.24, 2.45) is 0 Å². The standard InChI is InChI=1S/C17H14Cl2N2O2.ClH/c1-8-9(2)23-16-11(8)6-10(20)7-14(16)21-17(22)15-12(18)4-3-5-13(15)19;/h3-7H,20H2,1-2H3,(H,21,22);1H. The van der Waals surface area contributed by atoms with Crippen molar-refractivity contribution in [2.45, 2.75) is 13.8 Å². The van der Waals surface area contributed by atoms with Crippen LogP contribution in [0.5, 0.6) is 0 Å². The maximum atomic E-state index is 12.5. The number of aryl methyl sites for hydroxylation is 2. The van der Waals surface area contributed by atoms with Crippen LogP contribution in [0.15, 0.2) is 34.7 Å². The number of carbonyl (C=O) groups is 1. The van der Waals surface area contributed by atoms with Gasteiger partial charge < -0.3 is 15.5 Å². The Morgan fingerprint density at radius 1 is 1.17 bits per heavy atom. The number of carbonyl (C=O) groups excluding carboxylic acids is 1. The molecule has 0 aliphatic heterocycles. The third-order valence-electron chi connectivity index (χ3n) is 3.74. The normalized spacial score (nSPS) is 10.5. The zero-order valence-electron chi connectivity index (χ0n) is 12.9. The van der Waals surface area contributed by atoms with Crippen molar-refractivity contribution in [1.29, 1.82) is 0 Å². The molecule has 126 valence electrons. The molecule has 0 atom stereocenters. The fourth-order valence-electron chi connectivity index (χ4n) is 2.45. The lowest BCUT2D eigenvalue weighted by atomic mass is 10.1. The SMILES string of the molecule is Cc1oc2c(NC(=O)c3c(Cl)cccc3Cl)cc(N)cc2c1C.Cl. The summed E-state index contributed by atoms with van der Waals surface area (Å²) in [6.07, 6.45) is 0. The Balaban J connectivity index is 0.00000208. The molecule has 0 aliphatic carbocycles. The third kappa shape index (κ3) is 3.18. The first-order valence-electron chi connectivity index (χ1n) is 6.93. The molecule has 1 aromatic heterocycles. The number of rotatable bonds is 2. The van der Waals surface area contributed by atoms with Gasteiger partial charge in [-0.05, 0) is 43.7 Å². The van der Waals surface area contributed by atoms with E-state index < -0.39 is 5.91 Å². The molecule has 7 heteroatoms. The molecule has 24 heavy (non-hydrogen) atoms. The summed E-state index contributed by atoms with van der Waals surface area (Å²) >= 11 is 12.2. The van der Waals surface area contributed by atoms with Crippen LogP contribution in [0.1, 0.15) is 21.7 Å². The van der Waals surface area contributed by atoms with Gasteiger partial charge in [0, 0.05) is 11.1 Å². The number of nitrogen functional groups attached to an aromatic ring is 1. The van der Waals surface area contributed by atoms with Gasteiger partial charge in [0.05, 0.1) is 21.3 Å². The Morgan fingerprint density at radius 2 is 1.79 bits per heavy atom. The highest BCUT2D eigenvalue weighted by atomic mass is 35.5. The van der Waals surface area contributed by atoms with Crippen LogP contribution in [-0.4, -0.2) is 5.91 Å². The van der Waals surface area contributed by atoms with Crippen LogP contribution >= 0.6 is 35.6 Å². The minimum Gasteiger partial charge on any atom is -0.459 e. The second-order valence-electron chi connectivity index (χ2n) is 5.28. The lowest BCUT2D eigenvalue weighted by Crippen LogP contribution is -2.13. The molecule has 4 nitrogen and oxygen atoms in total. The van der Waals surface area contributed by atoms with Crippen molar-refractivity contribution in [1.82, 2.24) is 0 Å². The van der Waals surface area contributed by atoms with Crippen molar-refractivity contribution < 1.29 is 9.21 Å². The van der Waals surface area contributed by atoms with Gasteiger partial charge in [0.2, 0.25) is 0 Å². The van der Waals surface area contributed by atoms with Crippen molar-refractivity contribution in [2.75, 3.05) is 11.1 Å². The highest BCUT2D eigenvalue weighted by molar-refractivity contribution is 6.40. The molecule has 0 saturated heterocycles. The van der Waals surface area contributed by atoms with Crippen molar-refractivity contribution in [3.8, 4) is 0 Å². The Kier molecular flexibility index (Phi) is 5.33.